The summed E-state index contributed by atoms with van der Waals surface area (Å²) in [5.41, 5.74) is 6.29. The summed E-state index contributed by atoms with van der Waals surface area (Å²) >= 11 is 0. The number of rotatable bonds is 3. The van der Waals surface area contributed by atoms with Crippen LogP contribution in [0.15, 0.2) is 18.2 Å². The Hall–Kier alpha value is -1.95. The number of likely N-dealkylation sites (tertiary alicyclic amines) is 2. The lowest BCUT2D eigenvalue weighted by Crippen LogP contribution is -2.62. The Labute approximate surface area is 135 Å². The molecule has 6 heteroatoms. The van der Waals surface area contributed by atoms with Gasteiger partial charge in [-0.15, -0.1) is 0 Å². The second-order valence-electron chi connectivity index (χ2n) is 6.54. The molecule has 0 unspecified atom stereocenters. The van der Waals surface area contributed by atoms with Crippen LogP contribution in [0.2, 0.25) is 0 Å². The van der Waals surface area contributed by atoms with Gasteiger partial charge in [0.15, 0.2) is 0 Å². The van der Waals surface area contributed by atoms with E-state index in [1.165, 1.54) is 6.07 Å². The Morgan fingerprint density at radius 3 is 2.43 bits per heavy atom. The average Bonchev–Trinajstić information content (AvgIpc) is 2.49. The standard InChI is InChI=1S/C17H22FN3O2/c1-11-2-3-13(8-15(11)18)17(23)21-9-14(10-21)20-6-4-12(5-7-20)16(19)22/h2-3,8,12,14H,4-7,9-10H2,1H3,(H2,19,22). The highest BCUT2D eigenvalue weighted by Crippen LogP contribution is 2.24. The molecule has 0 radical (unpaired) electrons. The van der Waals surface area contributed by atoms with Crippen LogP contribution in [0.1, 0.15) is 28.8 Å². The molecule has 0 bridgehead atoms. The number of piperidine rings is 1. The first-order valence-corrected chi connectivity index (χ1v) is 8.04. The molecule has 2 heterocycles. The summed E-state index contributed by atoms with van der Waals surface area (Å²) in [4.78, 5) is 27.6. The van der Waals surface area contributed by atoms with Gasteiger partial charge in [0.05, 0.1) is 0 Å². The minimum absolute atomic E-state index is 0.0143. The molecule has 2 N–H and O–H groups in total. The van der Waals surface area contributed by atoms with E-state index in [1.807, 2.05) is 0 Å². The van der Waals surface area contributed by atoms with E-state index in [0.717, 1.165) is 25.9 Å². The number of carbonyl (C=O) groups is 2. The third kappa shape index (κ3) is 3.22. The van der Waals surface area contributed by atoms with Crippen molar-refractivity contribution in [3.63, 3.8) is 0 Å². The van der Waals surface area contributed by atoms with Gasteiger partial charge in [0, 0.05) is 30.6 Å². The van der Waals surface area contributed by atoms with E-state index in [0.29, 0.717) is 30.3 Å². The lowest BCUT2D eigenvalue weighted by molar-refractivity contribution is -0.123. The van der Waals surface area contributed by atoms with Crippen molar-refractivity contribution in [3.05, 3.63) is 35.1 Å². The van der Waals surface area contributed by atoms with E-state index >= 15 is 0 Å². The summed E-state index contributed by atoms with van der Waals surface area (Å²) in [5, 5.41) is 0. The lowest BCUT2D eigenvalue weighted by atomic mass is 9.93. The number of nitrogens with two attached hydrogens (primary N) is 1. The highest BCUT2D eigenvalue weighted by molar-refractivity contribution is 5.94. The van der Waals surface area contributed by atoms with Crippen molar-refractivity contribution in [1.29, 1.82) is 0 Å². The van der Waals surface area contributed by atoms with Gasteiger partial charge in [0.1, 0.15) is 5.82 Å². The van der Waals surface area contributed by atoms with Gasteiger partial charge in [-0.2, -0.15) is 0 Å². The number of primary amides is 1. The van der Waals surface area contributed by atoms with Crippen molar-refractivity contribution >= 4 is 11.8 Å². The van der Waals surface area contributed by atoms with E-state index in [4.69, 9.17) is 5.73 Å². The number of amides is 2. The number of carbonyl (C=O) groups excluding carboxylic acids is 2. The zero-order valence-corrected chi connectivity index (χ0v) is 13.3. The summed E-state index contributed by atoms with van der Waals surface area (Å²) in [5.74, 6) is -0.690. The topological polar surface area (TPSA) is 66.6 Å². The van der Waals surface area contributed by atoms with Gasteiger partial charge in [0.25, 0.3) is 5.91 Å². The summed E-state index contributed by atoms with van der Waals surface area (Å²) in [7, 11) is 0. The SMILES string of the molecule is Cc1ccc(C(=O)N2CC(N3CCC(C(N)=O)CC3)C2)cc1F. The maximum atomic E-state index is 13.6. The van der Waals surface area contributed by atoms with Gasteiger partial charge in [-0.25, -0.2) is 4.39 Å². The second-order valence-corrected chi connectivity index (χ2v) is 6.54. The third-order valence-electron chi connectivity index (χ3n) is 5.02. The Morgan fingerprint density at radius 1 is 1.22 bits per heavy atom. The molecule has 2 fully saturated rings. The minimum Gasteiger partial charge on any atom is -0.369 e. The van der Waals surface area contributed by atoms with Crippen LogP contribution in [-0.2, 0) is 4.79 Å². The minimum atomic E-state index is -0.346. The molecule has 2 aliphatic heterocycles. The van der Waals surface area contributed by atoms with Gasteiger partial charge in [-0.3, -0.25) is 14.5 Å². The van der Waals surface area contributed by atoms with Crippen molar-refractivity contribution in [2.75, 3.05) is 26.2 Å². The van der Waals surface area contributed by atoms with Crippen LogP contribution in [0.3, 0.4) is 0 Å². The Morgan fingerprint density at radius 2 is 1.87 bits per heavy atom. The predicted octanol–water partition coefficient (Wildman–Crippen LogP) is 1.16. The van der Waals surface area contributed by atoms with Gasteiger partial charge in [-0.1, -0.05) is 6.07 Å². The summed E-state index contributed by atoms with van der Waals surface area (Å²) in [6, 6.07) is 4.95. The second kappa shape index (κ2) is 6.28. The van der Waals surface area contributed by atoms with Gasteiger partial charge in [-0.05, 0) is 50.6 Å². The number of hydrogen-bond donors (Lipinski definition) is 1. The van der Waals surface area contributed by atoms with Crippen LogP contribution >= 0.6 is 0 Å². The highest BCUT2D eigenvalue weighted by atomic mass is 19.1. The molecule has 0 spiro atoms. The van der Waals surface area contributed by atoms with Crippen molar-refractivity contribution in [2.45, 2.75) is 25.8 Å². The maximum Gasteiger partial charge on any atom is 0.254 e. The van der Waals surface area contributed by atoms with E-state index in [-0.39, 0.29) is 23.5 Å². The largest absolute Gasteiger partial charge is 0.369 e. The predicted molar refractivity (Wildman–Crippen MR) is 84.3 cm³/mol. The fraction of sp³-hybridized carbons (Fsp3) is 0.529. The lowest BCUT2D eigenvalue weighted by Gasteiger charge is -2.47. The number of halogens is 1. The number of hydrogen-bond acceptors (Lipinski definition) is 3. The zero-order valence-electron chi connectivity index (χ0n) is 13.3. The quantitative estimate of drug-likeness (QED) is 0.909. The fourth-order valence-corrected chi connectivity index (χ4v) is 3.31. The molecule has 1 aromatic carbocycles. The van der Waals surface area contributed by atoms with E-state index in [2.05, 4.69) is 4.90 Å². The molecule has 0 atom stereocenters. The summed E-state index contributed by atoms with van der Waals surface area (Å²) in [6.45, 7) is 4.70. The molecule has 2 amide bonds. The molecule has 1 aromatic rings. The van der Waals surface area contributed by atoms with E-state index in [9.17, 15) is 14.0 Å². The van der Waals surface area contributed by atoms with Crippen LogP contribution in [0, 0.1) is 18.7 Å². The third-order valence-corrected chi connectivity index (χ3v) is 5.02. The molecular formula is C17H22FN3O2. The first kappa shape index (κ1) is 15.9. The first-order chi connectivity index (χ1) is 11.0. The Balaban J connectivity index is 1.52. The van der Waals surface area contributed by atoms with Crippen LogP contribution in [0.5, 0.6) is 0 Å². The molecule has 124 valence electrons. The summed E-state index contributed by atoms with van der Waals surface area (Å²) < 4.78 is 13.6. The monoisotopic (exact) mass is 319 g/mol. The maximum absolute atomic E-state index is 13.6. The van der Waals surface area contributed by atoms with Crippen LogP contribution in [0.4, 0.5) is 4.39 Å². The Bertz CT molecular complexity index is 620. The van der Waals surface area contributed by atoms with E-state index in [1.54, 1.807) is 24.0 Å². The van der Waals surface area contributed by atoms with Gasteiger partial charge < -0.3 is 10.6 Å². The number of benzene rings is 1. The average molecular weight is 319 g/mol. The number of nitrogens with zero attached hydrogens (tertiary/aromatic N) is 2. The fourth-order valence-electron chi connectivity index (χ4n) is 3.31. The molecule has 2 aliphatic rings. The van der Waals surface area contributed by atoms with Crippen molar-refractivity contribution in [1.82, 2.24) is 9.80 Å². The van der Waals surface area contributed by atoms with Crippen LogP contribution in [-0.4, -0.2) is 53.8 Å². The molecule has 5 nitrogen and oxygen atoms in total. The molecule has 0 aliphatic carbocycles. The normalized spacial score (nSPS) is 20.3. The smallest absolute Gasteiger partial charge is 0.254 e. The highest BCUT2D eigenvalue weighted by Gasteiger charge is 2.37. The van der Waals surface area contributed by atoms with Gasteiger partial charge in [0.2, 0.25) is 5.91 Å². The molecule has 3 rings (SSSR count). The zero-order chi connectivity index (χ0) is 16.6. The molecule has 0 aromatic heterocycles. The molecule has 0 saturated carbocycles. The first-order valence-electron chi connectivity index (χ1n) is 8.04. The van der Waals surface area contributed by atoms with Crippen LogP contribution in [0.25, 0.3) is 0 Å². The molecular weight excluding hydrogens is 297 g/mol. The van der Waals surface area contributed by atoms with Crippen molar-refractivity contribution < 1.29 is 14.0 Å². The van der Waals surface area contributed by atoms with Gasteiger partial charge >= 0.3 is 0 Å². The molecule has 23 heavy (non-hydrogen) atoms. The van der Waals surface area contributed by atoms with Crippen LogP contribution < -0.4 is 5.73 Å². The Kier molecular flexibility index (Phi) is 4.35. The summed E-state index contributed by atoms with van der Waals surface area (Å²) in [6.07, 6.45) is 1.59. The van der Waals surface area contributed by atoms with Crippen molar-refractivity contribution in [3.8, 4) is 0 Å². The number of aryl methyl sites for hydroxylation is 1. The van der Waals surface area contributed by atoms with Crippen molar-refractivity contribution in [2.24, 2.45) is 11.7 Å². The van der Waals surface area contributed by atoms with E-state index < -0.39 is 0 Å². The molecule has 2 saturated heterocycles.